The summed E-state index contributed by atoms with van der Waals surface area (Å²) in [7, 11) is 1.63. The first kappa shape index (κ1) is 14.4. The molecule has 0 aliphatic carbocycles. The average Bonchev–Trinajstić information content (AvgIpc) is 2.30. The Morgan fingerprint density at radius 1 is 1.44 bits per heavy atom. The maximum Gasteiger partial charge on any atom is 0.225 e. The smallest absolute Gasteiger partial charge is 0.225 e. The maximum absolute atomic E-state index is 12.6. The van der Waals surface area contributed by atoms with E-state index in [1.54, 1.807) is 14.0 Å². The predicted octanol–water partition coefficient (Wildman–Crippen LogP) is 1.43. The second kappa shape index (κ2) is 6.96. The van der Waals surface area contributed by atoms with E-state index < -0.39 is 6.10 Å². The van der Waals surface area contributed by atoms with Crippen molar-refractivity contribution in [3.05, 3.63) is 30.1 Å². The van der Waals surface area contributed by atoms with Crippen LogP contribution in [0, 0.1) is 5.82 Å². The fourth-order valence-corrected chi connectivity index (χ4v) is 1.48. The van der Waals surface area contributed by atoms with Crippen LogP contribution in [-0.2, 0) is 4.79 Å². The van der Waals surface area contributed by atoms with Gasteiger partial charge in [-0.2, -0.15) is 0 Å². The summed E-state index contributed by atoms with van der Waals surface area (Å²) in [6.45, 7) is 2.16. The van der Waals surface area contributed by atoms with E-state index in [2.05, 4.69) is 0 Å². The van der Waals surface area contributed by atoms with Crippen LogP contribution >= 0.6 is 0 Å². The lowest BCUT2D eigenvalue weighted by molar-refractivity contribution is -0.131. The summed E-state index contributed by atoms with van der Waals surface area (Å²) < 4.78 is 17.9. The third-order valence-electron chi connectivity index (χ3n) is 2.36. The predicted molar refractivity (Wildman–Crippen MR) is 65.8 cm³/mol. The van der Waals surface area contributed by atoms with Gasteiger partial charge < -0.3 is 14.7 Å². The Morgan fingerprint density at radius 2 is 2.06 bits per heavy atom. The molecule has 4 nitrogen and oxygen atoms in total. The van der Waals surface area contributed by atoms with Gasteiger partial charge in [-0.1, -0.05) is 0 Å². The van der Waals surface area contributed by atoms with Gasteiger partial charge in [0.2, 0.25) is 5.91 Å². The molecule has 0 aromatic heterocycles. The number of aliphatic hydroxyl groups excluding tert-OH is 1. The third-order valence-corrected chi connectivity index (χ3v) is 2.36. The maximum atomic E-state index is 12.6. The van der Waals surface area contributed by atoms with E-state index in [1.807, 2.05) is 0 Å². The summed E-state index contributed by atoms with van der Waals surface area (Å²) >= 11 is 0. The van der Waals surface area contributed by atoms with Gasteiger partial charge in [0.25, 0.3) is 0 Å². The molecule has 1 atom stereocenters. The summed E-state index contributed by atoms with van der Waals surface area (Å²) in [6, 6.07) is 5.63. The second-order valence-electron chi connectivity index (χ2n) is 4.18. The van der Waals surface area contributed by atoms with Gasteiger partial charge in [0.05, 0.1) is 19.1 Å². The van der Waals surface area contributed by atoms with Crippen molar-refractivity contribution >= 4 is 5.91 Å². The van der Waals surface area contributed by atoms with E-state index in [4.69, 9.17) is 9.84 Å². The topological polar surface area (TPSA) is 49.8 Å². The monoisotopic (exact) mass is 255 g/mol. The van der Waals surface area contributed by atoms with Gasteiger partial charge in [-0.25, -0.2) is 4.39 Å². The highest BCUT2D eigenvalue weighted by Crippen LogP contribution is 2.11. The fourth-order valence-electron chi connectivity index (χ4n) is 1.48. The number of carbonyl (C=O) groups is 1. The first-order valence-corrected chi connectivity index (χ1v) is 5.79. The zero-order chi connectivity index (χ0) is 13.5. The average molecular weight is 255 g/mol. The molecule has 0 heterocycles. The number of rotatable bonds is 6. The summed E-state index contributed by atoms with van der Waals surface area (Å²) in [5.41, 5.74) is 0. The van der Waals surface area contributed by atoms with Crippen molar-refractivity contribution in [3.63, 3.8) is 0 Å². The van der Waals surface area contributed by atoms with E-state index in [0.717, 1.165) is 0 Å². The molecule has 1 aromatic rings. The van der Waals surface area contributed by atoms with Crippen LogP contribution in [0.1, 0.15) is 13.3 Å². The molecule has 18 heavy (non-hydrogen) atoms. The zero-order valence-electron chi connectivity index (χ0n) is 10.6. The normalized spacial score (nSPS) is 12.0. The summed E-state index contributed by atoms with van der Waals surface area (Å²) in [5, 5.41) is 9.14. The van der Waals surface area contributed by atoms with Crippen molar-refractivity contribution in [2.75, 3.05) is 20.2 Å². The number of nitrogens with zero attached hydrogens (tertiary/aromatic N) is 1. The van der Waals surface area contributed by atoms with Gasteiger partial charge in [-0.15, -0.1) is 0 Å². The van der Waals surface area contributed by atoms with E-state index in [0.29, 0.717) is 12.3 Å². The summed E-state index contributed by atoms with van der Waals surface area (Å²) in [4.78, 5) is 13.1. The molecule has 1 N–H and O–H groups in total. The number of amides is 1. The van der Waals surface area contributed by atoms with Crippen LogP contribution in [0.25, 0.3) is 0 Å². The Hall–Kier alpha value is -1.62. The van der Waals surface area contributed by atoms with Crippen LogP contribution in [0.4, 0.5) is 4.39 Å². The van der Waals surface area contributed by atoms with Crippen LogP contribution in [-0.4, -0.2) is 42.2 Å². The molecule has 100 valence electrons. The van der Waals surface area contributed by atoms with E-state index >= 15 is 0 Å². The van der Waals surface area contributed by atoms with E-state index in [9.17, 15) is 9.18 Å². The highest BCUT2D eigenvalue weighted by Gasteiger charge is 2.10. The van der Waals surface area contributed by atoms with Crippen molar-refractivity contribution in [1.29, 1.82) is 0 Å². The molecular weight excluding hydrogens is 237 g/mol. The third kappa shape index (κ3) is 5.14. The van der Waals surface area contributed by atoms with Crippen LogP contribution < -0.4 is 4.74 Å². The van der Waals surface area contributed by atoms with Gasteiger partial charge in [0.1, 0.15) is 11.6 Å². The Labute approximate surface area is 106 Å². The van der Waals surface area contributed by atoms with Crippen molar-refractivity contribution < 1.29 is 19.0 Å². The molecule has 0 radical (unpaired) electrons. The quantitative estimate of drug-likeness (QED) is 0.836. The molecule has 0 saturated carbocycles. The highest BCUT2D eigenvalue weighted by atomic mass is 19.1. The minimum Gasteiger partial charge on any atom is -0.493 e. The largest absolute Gasteiger partial charge is 0.493 e. The van der Waals surface area contributed by atoms with Crippen molar-refractivity contribution in [2.24, 2.45) is 0 Å². The zero-order valence-corrected chi connectivity index (χ0v) is 10.6. The van der Waals surface area contributed by atoms with Crippen LogP contribution in [0.3, 0.4) is 0 Å². The lowest BCUT2D eigenvalue weighted by atomic mass is 10.3. The van der Waals surface area contributed by atoms with Crippen molar-refractivity contribution in [3.8, 4) is 5.75 Å². The molecule has 5 heteroatoms. The Bertz CT molecular complexity index is 378. The SMILES string of the molecule is CC(O)CN(C)C(=O)CCOc1ccc(F)cc1. The number of carbonyl (C=O) groups excluding carboxylic acids is 1. The van der Waals surface area contributed by atoms with E-state index in [1.165, 1.54) is 29.2 Å². The molecule has 0 fully saturated rings. The first-order chi connectivity index (χ1) is 8.49. The minimum absolute atomic E-state index is 0.0991. The number of ether oxygens (including phenoxy) is 1. The molecule has 0 aliphatic heterocycles. The molecule has 1 unspecified atom stereocenters. The molecule has 1 amide bonds. The van der Waals surface area contributed by atoms with Crippen LogP contribution in [0.15, 0.2) is 24.3 Å². The Balaban J connectivity index is 2.29. The number of hydrogen-bond acceptors (Lipinski definition) is 3. The van der Waals surface area contributed by atoms with Crippen molar-refractivity contribution in [1.82, 2.24) is 4.90 Å². The molecule has 0 spiro atoms. The standard InChI is InChI=1S/C13H18FNO3/c1-10(16)9-15(2)13(17)7-8-18-12-5-3-11(14)4-6-12/h3-6,10,16H,7-9H2,1-2H3. The molecule has 1 rings (SSSR count). The second-order valence-corrected chi connectivity index (χ2v) is 4.18. The van der Waals surface area contributed by atoms with Crippen LogP contribution in [0.5, 0.6) is 5.75 Å². The number of hydrogen-bond donors (Lipinski definition) is 1. The number of likely N-dealkylation sites (N-methyl/N-ethyl adjacent to an activating group) is 1. The number of halogens is 1. The van der Waals surface area contributed by atoms with Crippen LogP contribution in [0.2, 0.25) is 0 Å². The summed E-state index contributed by atoms with van der Waals surface area (Å²) in [5.74, 6) is 0.107. The number of aliphatic hydroxyl groups is 1. The van der Waals surface area contributed by atoms with Gasteiger partial charge in [-0.3, -0.25) is 4.79 Å². The lowest BCUT2D eigenvalue weighted by Gasteiger charge is -2.18. The first-order valence-electron chi connectivity index (χ1n) is 5.79. The highest BCUT2D eigenvalue weighted by molar-refractivity contribution is 5.76. The van der Waals surface area contributed by atoms with Gasteiger partial charge in [0.15, 0.2) is 0 Å². The molecule has 0 aliphatic rings. The Morgan fingerprint density at radius 3 is 2.61 bits per heavy atom. The molecule has 1 aromatic carbocycles. The Kier molecular flexibility index (Phi) is 5.58. The minimum atomic E-state index is -0.544. The number of benzene rings is 1. The molecule has 0 saturated heterocycles. The van der Waals surface area contributed by atoms with Crippen molar-refractivity contribution in [2.45, 2.75) is 19.4 Å². The van der Waals surface area contributed by atoms with Gasteiger partial charge >= 0.3 is 0 Å². The van der Waals surface area contributed by atoms with Gasteiger partial charge in [-0.05, 0) is 31.2 Å². The lowest BCUT2D eigenvalue weighted by Crippen LogP contribution is -2.33. The summed E-state index contributed by atoms with van der Waals surface area (Å²) in [6.07, 6.45) is -0.322. The molecular formula is C13H18FNO3. The fraction of sp³-hybridized carbons (Fsp3) is 0.462. The van der Waals surface area contributed by atoms with Gasteiger partial charge in [0, 0.05) is 13.6 Å². The molecule has 0 bridgehead atoms. The van der Waals surface area contributed by atoms with E-state index in [-0.39, 0.29) is 24.8 Å².